The van der Waals surface area contributed by atoms with E-state index in [1.807, 2.05) is 0 Å². The van der Waals surface area contributed by atoms with Crippen LogP contribution in [0, 0.1) is 10.8 Å². The van der Waals surface area contributed by atoms with Gasteiger partial charge >= 0.3 is 159 Å². The molecule has 0 atom stereocenters. The van der Waals surface area contributed by atoms with Crippen LogP contribution in [0.1, 0.15) is 69.2 Å². The van der Waals surface area contributed by atoms with Crippen LogP contribution in [0.2, 0.25) is 0 Å². The van der Waals surface area contributed by atoms with Crippen molar-refractivity contribution >= 4 is 21.8 Å². The van der Waals surface area contributed by atoms with Crippen molar-refractivity contribution in [3.05, 3.63) is 42.4 Å². The number of allylic oxidation sites excluding steroid dienone is 8. The van der Waals surface area contributed by atoms with Gasteiger partial charge in [-0.25, -0.2) is 0 Å². The van der Waals surface area contributed by atoms with Crippen LogP contribution in [-0.4, -0.2) is 21.8 Å². The molecule has 0 unspecified atom stereocenters. The third kappa shape index (κ3) is 12.9. The normalized spacial score (nSPS) is 19.4. The van der Waals surface area contributed by atoms with Gasteiger partial charge in [-0.15, -0.1) is 0 Å². The summed E-state index contributed by atoms with van der Waals surface area (Å²) in [7, 11) is -18.0. The third-order valence-corrected chi connectivity index (χ3v) is 8.77. The van der Waals surface area contributed by atoms with E-state index in [1.54, 1.807) is 20.1 Å². The van der Waals surface area contributed by atoms with E-state index in [-0.39, 0.29) is 10.8 Å². The van der Waals surface area contributed by atoms with Crippen molar-refractivity contribution in [3.63, 3.8) is 0 Å². The van der Waals surface area contributed by atoms with E-state index < -0.39 is 21.8 Å². The molecule has 0 aromatic rings. The number of hydrogen-bond acceptors (Lipinski definition) is 0. The fourth-order valence-electron chi connectivity index (χ4n) is 3.52. The molecule has 16 heteroatoms. The van der Waals surface area contributed by atoms with Crippen LogP contribution in [0.3, 0.4) is 0 Å². The van der Waals surface area contributed by atoms with Gasteiger partial charge in [0.05, 0.1) is 0 Å². The first-order valence-electron chi connectivity index (χ1n) is 10.5. The summed E-state index contributed by atoms with van der Waals surface area (Å²) in [6.45, 7) is 23.4. The SMILES string of the molecule is CC1=C(C)C(C)(C)[C]([Fe+3][C]2=C(C)C(C)=C(C)C2(C)C)=C1C.F[B-](F)(F)F.F[B-](F)(F)F.F[B-](F)(F)F. The van der Waals surface area contributed by atoms with Crippen LogP contribution >= 0.6 is 0 Å². The molecule has 0 aliphatic heterocycles. The Balaban J connectivity index is 0. The van der Waals surface area contributed by atoms with E-state index in [1.165, 1.54) is 22.3 Å². The van der Waals surface area contributed by atoms with Gasteiger partial charge in [0.25, 0.3) is 0 Å². The molecule has 0 aromatic heterocycles. The quantitative estimate of drug-likeness (QED) is 0.223. The van der Waals surface area contributed by atoms with Gasteiger partial charge in [0.2, 0.25) is 0 Å². The summed E-state index contributed by atoms with van der Waals surface area (Å²) in [6, 6.07) is 0. The summed E-state index contributed by atoms with van der Waals surface area (Å²) in [5, 5.41) is 0. The summed E-state index contributed by atoms with van der Waals surface area (Å²) in [4.78, 5) is 0. The second kappa shape index (κ2) is 12.6. The number of rotatable bonds is 2. The summed E-state index contributed by atoms with van der Waals surface area (Å²) < 4.78 is 120. The van der Waals surface area contributed by atoms with E-state index in [2.05, 4.69) is 69.2 Å². The topological polar surface area (TPSA) is 0 Å². The van der Waals surface area contributed by atoms with Crippen molar-refractivity contribution in [2.75, 3.05) is 0 Å². The zero-order valence-electron chi connectivity index (χ0n) is 21.6. The predicted molar refractivity (Wildman–Crippen MR) is 120 cm³/mol. The first-order chi connectivity index (χ1) is 15.4. The fraction of sp³-hybridized carbons (Fsp3) is 0.600. The van der Waals surface area contributed by atoms with Crippen LogP contribution in [0.4, 0.5) is 51.8 Å². The Morgan fingerprint density at radius 3 is 0.694 bits per heavy atom. The average Bonchev–Trinajstić information content (AvgIpc) is 2.82. The minimum absolute atomic E-state index is 0.210. The molecule has 211 valence electrons. The van der Waals surface area contributed by atoms with Gasteiger partial charge in [0.1, 0.15) is 0 Å². The van der Waals surface area contributed by atoms with Crippen molar-refractivity contribution in [2.45, 2.75) is 69.2 Å². The summed E-state index contributed by atoms with van der Waals surface area (Å²) >= 11 is 1.13. The maximum Gasteiger partial charge on any atom is 0.673 e. The zero-order valence-corrected chi connectivity index (χ0v) is 22.7. The fourth-order valence-corrected chi connectivity index (χ4v) is 5.73. The molecule has 2 aliphatic carbocycles. The largest absolute Gasteiger partial charge is 0.673 e. The minimum Gasteiger partial charge on any atom is -0.418 e. The molecular weight excluding hydrogens is 556 g/mol. The molecule has 0 bridgehead atoms. The van der Waals surface area contributed by atoms with Gasteiger partial charge in [-0.05, 0) is 0 Å². The molecule has 0 saturated carbocycles. The molecule has 0 fully saturated rings. The van der Waals surface area contributed by atoms with Crippen molar-refractivity contribution < 1.29 is 66.7 Å². The molecule has 0 N–H and O–H groups in total. The summed E-state index contributed by atoms with van der Waals surface area (Å²) in [6.07, 6.45) is 0. The van der Waals surface area contributed by atoms with Gasteiger partial charge in [0, 0.05) is 0 Å². The monoisotopic (exact) mass is 587 g/mol. The van der Waals surface area contributed by atoms with Crippen molar-refractivity contribution in [1.29, 1.82) is 0 Å². The molecule has 0 saturated heterocycles. The van der Waals surface area contributed by atoms with Crippen LogP contribution < -0.4 is 0 Å². The molecular formula is C20H30B3F12Fe. The van der Waals surface area contributed by atoms with Crippen molar-refractivity contribution in [2.24, 2.45) is 10.8 Å². The van der Waals surface area contributed by atoms with Crippen LogP contribution in [0.25, 0.3) is 0 Å². The molecule has 0 spiro atoms. The van der Waals surface area contributed by atoms with Gasteiger partial charge in [0.15, 0.2) is 0 Å². The van der Waals surface area contributed by atoms with E-state index >= 15 is 0 Å². The Hall–Kier alpha value is -1.17. The predicted octanol–water partition coefficient (Wildman–Crippen LogP) is 10.3. The van der Waals surface area contributed by atoms with E-state index in [0.717, 1.165) is 15.0 Å². The van der Waals surface area contributed by atoms with Crippen LogP contribution in [0.5, 0.6) is 0 Å². The first-order valence-corrected chi connectivity index (χ1v) is 11.6. The zero-order chi connectivity index (χ0) is 29.8. The maximum absolute atomic E-state index is 9.75. The van der Waals surface area contributed by atoms with Crippen molar-refractivity contribution in [3.8, 4) is 0 Å². The Morgan fingerprint density at radius 1 is 0.417 bits per heavy atom. The molecule has 0 aromatic carbocycles. The molecule has 2 aliphatic rings. The molecule has 0 nitrogen and oxygen atoms in total. The Morgan fingerprint density at radius 2 is 0.583 bits per heavy atom. The Labute approximate surface area is 211 Å². The maximum atomic E-state index is 9.75. The van der Waals surface area contributed by atoms with E-state index in [0.29, 0.717) is 0 Å². The average molecular weight is 587 g/mol. The Kier molecular flexibility index (Phi) is 12.9. The molecule has 0 heterocycles. The second-order valence-electron chi connectivity index (χ2n) is 9.18. The van der Waals surface area contributed by atoms with Crippen LogP contribution in [0.15, 0.2) is 42.4 Å². The standard InChI is InChI=1S/2C10H15.3BF4.Fe/c2*1-7-6-10(4,5)9(3)8(7)2;3*2-1(3,4)5;/h2*1-5H3;;;;/q;;3*-1;+3. The smallest absolute Gasteiger partial charge is 0.418 e. The number of hydrogen-bond donors (Lipinski definition) is 0. The van der Waals surface area contributed by atoms with E-state index in [4.69, 9.17) is 0 Å². The summed E-state index contributed by atoms with van der Waals surface area (Å²) in [5.41, 5.74) is 9.57. The third-order valence-electron chi connectivity index (χ3n) is 6.01. The minimum atomic E-state index is -6.00. The van der Waals surface area contributed by atoms with Gasteiger partial charge < -0.3 is 51.8 Å². The van der Waals surface area contributed by atoms with Gasteiger partial charge in [-0.2, -0.15) is 0 Å². The molecule has 36 heavy (non-hydrogen) atoms. The van der Waals surface area contributed by atoms with E-state index in [9.17, 15) is 51.8 Å². The Bertz CT molecular complexity index is 815. The molecule has 0 amide bonds. The van der Waals surface area contributed by atoms with Crippen LogP contribution in [-0.2, 0) is 15.0 Å². The molecule has 0 radical (unpaired) electrons. The van der Waals surface area contributed by atoms with Crippen molar-refractivity contribution in [1.82, 2.24) is 0 Å². The molecule has 2 rings (SSSR count). The van der Waals surface area contributed by atoms with Gasteiger partial charge in [-0.1, -0.05) is 0 Å². The van der Waals surface area contributed by atoms with Gasteiger partial charge in [-0.3, -0.25) is 0 Å². The number of halogens is 12. The second-order valence-corrected chi connectivity index (χ2v) is 10.6. The first kappa shape index (κ1) is 37.0. The summed E-state index contributed by atoms with van der Waals surface area (Å²) in [5.74, 6) is 0.